The van der Waals surface area contributed by atoms with Crippen LogP contribution >= 0.6 is 0 Å². The van der Waals surface area contributed by atoms with Gasteiger partial charge in [-0.15, -0.1) is 0 Å². The molecule has 1 saturated heterocycles. The van der Waals surface area contributed by atoms with Gasteiger partial charge in [-0.05, 0) is 30.4 Å². The van der Waals surface area contributed by atoms with Crippen LogP contribution in [0.25, 0.3) is 0 Å². The first-order valence-corrected chi connectivity index (χ1v) is 9.14. The van der Waals surface area contributed by atoms with Crippen molar-refractivity contribution >= 4 is 17.9 Å². The van der Waals surface area contributed by atoms with Crippen LogP contribution in [-0.2, 0) is 22.6 Å². The predicted molar refractivity (Wildman–Crippen MR) is 95.5 cm³/mol. The maximum Gasteiger partial charge on any atom is 0.317 e. The maximum absolute atomic E-state index is 12.3. The standard InChI is InChI=1S/C19H25N3O4/c23-17(21-10-7-15(8-11-21)18(24)25)5-9-20-19(26)22-12-6-14-3-1-2-4-16(14)13-22/h1-4,15H,5-13H2,(H,20,26)(H,24,25). The highest BCUT2D eigenvalue weighted by molar-refractivity contribution is 5.79. The largest absolute Gasteiger partial charge is 0.481 e. The van der Waals surface area contributed by atoms with Crippen molar-refractivity contribution in [3.05, 3.63) is 35.4 Å². The zero-order valence-corrected chi connectivity index (χ0v) is 14.8. The van der Waals surface area contributed by atoms with Crippen LogP contribution in [0.4, 0.5) is 4.79 Å². The van der Waals surface area contributed by atoms with E-state index in [4.69, 9.17) is 5.11 Å². The lowest BCUT2D eigenvalue weighted by Crippen LogP contribution is -2.45. The van der Waals surface area contributed by atoms with E-state index < -0.39 is 5.97 Å². The van der Waals surface area contributed by atoms with Crippen LogP contribution in [0.5, 0.6) is 0 Å². The molecule has 26 heavy (non-hydrogen) atoms. The van der Waals surface area contributed by atoms with Crippen molar-refractivity contribution in [3.63, 3.8) is 0 Å². The average Bonchev–Trinajstić information content (AvgIpc) is 2.67. The van der Waals surface area contributed by atoms with E-state index in [9.17, 15) is 14.4 Å². The first-order chi connectivity index (χ1) is 12.5. The van der Waals surface area contributed by atoms with E-state index in [1.165, 1.54) is 11.1 Å². The molecule has 0 aliphatic carbocycles. The number of hydrogen-bond donors (Lipinski definition) is 2. The average molecular weight is 359 g/mol. The van der Waals surface area contributed by atoms with Gasteiger partial charge in [0, 0.05) is 39.1 Å². The lowest BCUT2D eigenvalue weighted by molar-refractivity contribution is -0.145. The lowest BCUT2D eigenvalue weighted by Gasteiger charge is -2.31. The molecule has 2 heterocycles. The van der Waals surface area contributed by atoms with Crippen LogP contribution in [0.15, 0.2) is 24.3 Å². The van der Waals surface area contributed by atoms with Crippen LogP contribution in [0.3, 0.4) is 0 Å². The number of nitrogens with zero attached hydrogens (tertiary/aromatic N) is 2. The third-order valence-electron chi connectivity index (χ3n) is 5.23. The summed E-state index contributed by atoms with van der Waals surface area (Å²) in [6.07, 6.45) is 2.09. The summed E-state index contributed by atoms with van der Waals surface area (Å²) < 4.78 is 0. The smallest absolute Gasteiger partial charge is 0.317 e. The summed E-state index contributed by atoms with van der Waals surface area (Å²) in [6.45, 7) is 2.53. The van der Waals surface area contributed by atoms with Crippen LogP contribution in [0, 0.1) is 5.92 Å². The molecule has 1 aromatic rings. The Morgan fingerprint density at radius 3 is 2.42 bits per heavy atom. The van der Waals surface area contributed by atoms with E-state index in [1.54, 1.807) is 9.80 Å². The number of piperidine rings is 1. The molecule has 0 unspecified atom stereocenters. The molecule has 2 N–H and O–H groups in total. The molecule has 0 atom stereocenters. The summed E-state index contributed by atoms with van der Waals surface area (Å²) in [7, 11) is 0. The fourth-order valence-corrected chi connectivity index (χ4v) is 3.59. The topological polar surface area (TPSA) is 90.0 Å². The molecule has 2 aliphatic heterocycles. The third kappa shape index (κ3) is 4.33. The molecular formula is C19H25N3O4. The van der Waals surface area contributed by atoms with Crippen molar-refractivity contribution in [2.45, 2.75) is 32.2 Å². The number of carbonyl (C=O) groups is 3. The number of fused-ring (bicyclic) bond motifs is 1. The Labute approximate surface area is 153 Å². The number of aliphatic carboxylic acids is 1. The number of likely N-dealkylation sites (tertiary alicyclic amines) is 1. The first kappa shape index (κ1) is 18.2. The van der Waals surface area contributed by atoms with Crippen molar-refractivity contribution in [1.82, 2.24) is 15.1 Å². The predicted octanol–water partition coefficient (Wildman–Crippen LogP) is 1.47. The van der Waals surface area contributed by atoms with Gasteiger partial charge in [0.25, 0.3) is 0 Å². The molecule has 140 valence electrons. The highest BCUT2D eigenvalue weighted by atomic mass is 16.4. The molecule has 2 aliphatic rings. The summed E-state index contributed by atoms with van der Waals surface area (Å²) >= 11 is 0. The monoisotopic (exact) mass is 359 g/mol. The van der Waals surface area contributed by atoms with Crippen LogP contribution in [0.2, 0.25) is 0 Å². The maximum atomic E-state index is 12.3. The van der Waals surface area contributed by atoms with E-state index in [1.807, 2.05) is 18.2 Å². The second-order valence-electron chi connectivity index (χ2n) is 6.92. The lowest BCUT2D eigenvalue weighted by atomic mass is 9.97. The van der Waals surface area contributed by atoms with Gasteiger partial charge in [-0.2, -0.15) is 0 Å². The minimum absolute atomic E-state index is 0.0295. The molecule has 7 heteroatoms. The van der Waals surface area contributed by atoms with Crippen molar-refractivity contribution in [1.29, 1.82) is 0 Å². The van der Waals surface area contributed by atoms with Gasteiger partial charge in [0.1, 0.15) is 0 Å². The van der Waals surface area contributed by atoms with E-state index in [-0.39, 0.29) is 24.3 Å². The van der Waals surface area contributed by atoms with Crippen molar-refractivity contribution in [3.8, 4) is 0 Å². The third-order valence-corrected chi connectivity index (χ3v) is 5.23. The van der Waals surface area contributed by atoms with Gasteiger partial charge in [0.05, 0.1) is 5.92 Å². The number of nitrogens with one attached hydrogen (secondary N) is 1. The summed E-state index contributed by atoms with van der Waals surface area (Å²) in [4.78, 5) is 38.9. The first-order valence-electron chi connectivity index (χ1n) is 9.14. The molecule has 1 fully saturated rings. The molecule has 3 rings (SSSR count). The van der Waals surface area contributed by atoms with Gasteiger partial charge in [0.2, 0.25) is 5.91 Å². The minimum Gasteiger partial charge on any atom is -0.481 e. The molecular weight excluding hydrogens is 334 g/mol. The number of urea groups is 1. The Morgan fingerprint density at radius 1 is 1.04 bits per heavy atom. The molecule has 0 saturated carbocycles. The quantitative estimate of drug-likeness (QED) is 0.852. The van der Waals surface area contributed by atoms with E-state index in [0.717, 1.165) is 6.42 Å². The highest BCUT2D eigenvalue weighted by Gasteiger charge is 2.27. The number of carboxylic acids is 1. The molecule has 0 bridgehead atoms. The van der Waals surface area contributed by atoms with Gasteiger partial charge in [0.15, 0.2) is 0 Å². The van der Waals surface area contributed by atoms with Gasteiger partial charge >= 0.3 is 12.0 Å². The molecule has 0 radical (unpaired) electrons. The second-order valence-corrected chi connectivity index (χ2v) is 6.92. The summed E-state index contributed by atoms with van der Waals surface area (Å²) in [5, 5.41) is 11.8. The SMILES string of the molecule is O=C(O)C1CCN(C(=O)CCNC(=O)N2CCc3ccccc3C2)CC1. The Kier molecular flexibility index (Phi) is 5.75. The van der Waals surface area contributed by atoms with E-state index >= 15 is 0 Å². The van der Waals surface area contributed by atoms with Crippen molar-refractivity contribution in [2.24, 2.45) is 5.92 Å². The van der Waals surface area contributed by atoms with Gasteiger partial charge in [-0.3, -0.25) is 9.59 Å². The second kappa shape index (κ2) is 8.21. The van der Waals surface area contributed by atoms with Gasteiger partial charge in [-0.1, -0.05) is 24.3 Å². The number of hydrogen-bond acceptors (Lipinski definition) is 3. The summed E-state index contributed by atoms with van der Waals surface area (Å²) in [6, 6.07) is 7.98. The Balaban J connectivity index is 1.39. The fraction of sp³-hybridized carbons (Fsp3) is 0.526. The zero-order chi connectivity index (χ0) is 18.5. The summed E-state index contributed by atoms with van der Waals surface area (Å²) in [5.41, 5.74) is 2.46. The van der Waals surface area contributed by atoms with E-state index in [0.29, 0.717) is 45.6 Å². The Bertz CT molecular complexity index is 683. The van der Waals surface area contributed by atoms with Crippen LogP contribution < -0.4 is 5.32 Å². The molecule has 0 aromatic heterocycles. The number of carbonyl (C=O) groups excluding carboxylic acids is 2. The normalized spacial score (nSPS) is 17.5. The van der Waals surface area contributed by atoms with Gasteiger partial charge in [-0.25, -0.2) is 4.79 Å². The molecule has 7 nitrogen and oxygen atoms in total. The van der Waals surface area contributed by atoms with Crippen LogP contribution in [0.1, 0.15) is 30.4 Å². The van der Waals surface area contributed by atoms with E-state index in [2.05, 4.69) is 11.4 Å². The van der Waals surface area contributed by atoms with Crippen molar-refractivity contribution in [2.75, 3.05) is 26.2 Å². The van der Waals surface area contributed by atoms with Crippen molar-refractivity contribution < 1.29 is 19.5 Å². The fourth-order valence-electron chi connectivity index (χ4n) is 3.59. The van der Waals surface area contributed by atoms with Gasteiger partial charge < -0.3 is 20.2 Å². The summed E-state index contributed by atoms with van der Waals surface area (Å²) in [5.74, 6) is -1.16. The number of amides is 3. The Hall–Kier alpha value is -2.57. The van der Waals surface area contributed by atoms with Crippen LogP contribution in [-0.4, -0.2) is 59.0 Å². The minimum atomic E-state index is -0.785. The number of rotatable bonds is 4. The molecule has 3 amide bonds. The molecule has 1 aromatic carbocycles. The Morgan fingerprint density at radius 2 is 1.73 bits per heavy atom. The molecule has 0 spiro atoms. The zero-order valence-electron chi connectivity index (χ0n) is 14.8. The number of benzene rings is 1. The highest BCUT2D eigenvalue weighted by Crippen LogP contribution is 2.19. The number of carboxylic acid groups (broad SMARTS) is 1.